The summed E-state index contributed by atoms with van der Waals surface area (Å²) >= 11 is 6.19. The van der Waals surface area contributed by atoms with Crippen LogP contribution in [0.4, 0.5) is 0 Å². The van der Waals surface area contributed by atoms with E-state index in [1.165, 1.54) is 7.11 Å². The van der Waals surface area contributed by atoms with Gasteiger partial charge in [-0.2, -0.15) is 0 Å². The number of hydrogen-bond acceptors (Lipinski definition) is 6. The van der Waals surface area contributed by atoms with Gasteiger partial charge in [-0.05, 0) is 44.4 Å². The molecule has 0 saturated carbocycles. The predicted molar refractivity (Wildman–Crippen MR) is 105 cm³/mol. The molecule has 0 amide bonds. The first-order valence-corrected chi connectivity index (χ1v) is 9.61. The summed E-state index contributed by atoms with van der Waals surface area (Å²) in [7, 11) is 1.41. The summed E-state index contributed by atoms with van der Waals surface area (Å²) in [4.78, 5) is 25.7. The Balaban J connectivity index is 2.20. The number of phenolic OH excluding ortho intramolecular Hbond substituents is 1. The van der Waals surface area contributed by atoms with Gasteiger partial charge >= 0.3 is 5.97 Å². The summed E-state index contributed by atoms with van der Waals surface area (Å²) in [6.07, 6.45) is 1.55. The monoisotopic (exact) mass is 405 g/mol. The molecule has 0 bridgehead atoms. The molecule has 1 aliphatic carbocycles. The molecule has 3 rings (SSSR count). The van der Waals surface area contributed by atoms with Crippen LogP contribution in [0.5, 0.6) is 11.5 Å². The molecule has 1 aromatic rings. The lowest BCUT2D eigenvalue weighted by Gasteiger charge is -2.38. The molecule has 0 aromatic heterocycles. The number of rotatable bonds is 4. The van der Waals surface area contributed by atoms with E-state index in [0.717, 1.165) is 12.1 Å². The summed E-state index contributed by atoms with van der Waals surface area (Å²) in [5.74, 6) is -1.91. The van der Waals surface area contributed by atoms with Gasteiger partial charge in [0.05, 0.1) is 18.2 Å². The van der Waals surface area contributed by atoms with Crippen molar-refractivity contribution in [2.75, 3.05) is 7.11 Å². The van der Waals surface area contributed by atoms with Gasteiger partial charge in [-0.15, -0.1) is 0 Å². The van der Waals surface area contributed by atoms with Gasteiger partial charge in [-0.3, -0.25) is 9.59 Å². The van der Waals surface area contributed by atoms with Crippen molar-refractivity contribution < 1.29 is 24.2 Å². The molecule has 28 heavy (non-hydrogen) atoms. The van der Waals surface area contributed by atoms with E-state index in [0.29, 0.717) is 29.7 Å². The topological polar surface area (TPSA) is 84.9 Å². The maximum absolute atomic E-state index is 12.9. The van der Waals surface area contributed by atoms with Gasteiger partial charge in [0.25, 0.3) is 0 Å². The van der Waals surface area contributed by atoms with E-state index in [1.807, 2.05) is 0 Å². The van der Waals surface area contributed by atoms with E-state index < -0.39 is 17.8 Å². The Labute approximate surface area is 169 Å². The molecule has 2 aliphatic rings. The summed E-state index contributed by atoms with van der Waals surface area (Å²) in [6.45, 7) is 7.56. The average Bonchev–Trinajstić information content (AvgIpc) is 2.62. The highest BCUT2D eigenvalue weighted by Crippen LogP contribution is 2.47. The normalized spacial score (nSPS) is 22.0. The molecule has 2 atom stereocenters. The van der Waals surface area contributed by atoms with E-state index in [-0.39, 0.29) is 28.4 Å². The quantitative estimate of drug-likeness (QED) is 0.740. The third kappa shape index (κ3) is 3.61. The van der Waals surface area contributed by atoms with Crippen molar-refractivity contribution in [1.82, 2.24) is 5.32 Å². The lowest BCUT2D eigenvalue weighted by molar-refractivity contribution is -0.151. The fraction of sp³-hybridized carbons (Fsp3) is 0.429. The minimum absolute atomic E-state index is 0.0169. The Bertz CT molecular complexity index is 874. The summed E-state index contributed by atoms with van der Waals surface area (Å²) in [6, 6.07) is 3.16. The second kappa shape index (κ2) is 7.87. The van der Waals surface area contributed by atoms with Crippen molar-refractivity contribution in [3.8, 4) is 11.5 Å². The number of aromatic hydroxyl groups is 1. The average molecular weight is 406 g/mol. The number of ether oxygens (including phenoxy) is 2. The summed E-state index contributed by atoms with van der Waals surface area (Å²) in [5, 5.41) is 13.3. The molecule has 6 nitrogen and oxygen atoms in total. The third-order valence-electron chi connectivity index (χ3n) is 5.02. The zero-order chi connectivity index (χ0) is 20.6. The van der Waals surface area contributed by atoms with Crippen molar-refractivity contribution >= 4 is 23.4 Å². The van der Waals surface area contributed by atoms with Crippen molar-refractivity contribution in [1.29, 1.82) is 0 Å². The zero-order valence-corrected chi connectivity index (χ0v) is 16.9. The number of ketones is 1. The van der Waals surface area contributed by atoms with Crippen LogP contribution in [0.2, 0.25) is 5.02 Å². The van der Waals surface area contributed by atoms with Gasteiger partial charge in [0.1, 0.15) is 5.92 Å². The van der Waals surface area contributed by atoms with Crippen LogP contribution in [0.1, 0.15) is 44.6 Å². The van der Waals surface area contributed by atoms with Crippen LogP contribution >= 0.6 is 11.6 Å². The van der Waals surface area contributed by atoms with Crippen LogP contribution in [0, 0.1) is 5.92 Å². The van der Waals surface area contributed by atoms with Gasteiger partial charge in [-0.1, -0.05) is 18.2 Å². The number of esters is 1. The zero-order valence-electron chi connectivity index (χ0n) is 16.2. The summed E-state index contributed by atoms with van der Waals surface area (Å²) in [5.41, 5.74) is 2.40. The van der Waals surface area contributed by atoms with E-state index in [1.54, 1.807) is 26.0 Å². The van der Waals surface area contributed by atoms with E-state index in [2.05, 4.69) is 11.9 Å². The predicted octanol–water partition coefficient (Wildman–Crippen LogP) is 3.83. The molecular formula is C21H24ClNO5. The fourth-order valence-corrected chi connectivity index (χ4v) is 4.08. The highest BCUT2D eigenvalue weighted by molar-refractivity contribution is 6.32. The van der Waals surface area contributed by atoms with Gasteiger partial charge in [-0.25, -0.2) is 0 Å². The first-order valence-electron chi connectivity index (χ1n) is 9.23. The molecule has 0 saturated heterocycles. The van der Waals surface area contributed by atoms with Crippen molar-refractivity contribution in [3.63, 3.8) is 0 Å². The van der Waals surface area contributed by atoms with E-state index >= 15 is 0 Å². The molecular weight excluding hydrogens is 382 g/mol. The smallest absolute Gasteiger partial charge is 0.316 e. The van der Waals surface area contributed by atoms with Crippen LogP contribution in [-0.2, 0) is 14.3 Å². The fourth-order valence-electron chi connectivity index (χ4n) is 3.87. The Morgan fingerprint density at radius 3 is 2.71 bits per heavy atom. The minimum atomic E-state index is -0.798. The molecule has 1 aliphatic heterocycles. The second-order valence-corrected chi connectivity index (χ2v) is 7.72. The summed E-state index contributed by atoms with van der Waals surface area (Å²) < 4.78 is 10.7. The molecule has 0 radical (unpaired) electrons. The molecule has 2 unspecified atom stereocenters. The van der Waals surface area contributed by atoms with Gasteiger partial charge < -0.3 is 19.9 Å². The molecule has 2 N–H and O–H groups in total. The second-order valence-electron chi connectivity index (χ2n) is 7.31. The standard InChI is InChI=1S/C21H24ClNO5/c1-10(2)28-21(26)17-11(3)23-14-6-5-7-15(24)19(14)18(17)12-8-13(22)20(25)16(9-12)27-4/h8-10,17-18,23,25H,3,5-7H2,1-2,4H3. The molecule has 1 heterocycles. The Morgan fingerprint density at radius 1 is 1.36 bits per heavy atom. The molecule has 0 fully saturated rings. The number of hydrogen-bond donors (Lipinski definition) is 2. The lowest BCUT2D eigenvalue weighted by atomic mass is 9.71. The van der Waals surface area contributed by atoms with Gasteiger partial charge in [0, 0.05) is 29.3 Å². The van der Waals surface area contributed by atoms with Gasteiger partial charge in [0.15, 0.2) is 17.3 Å². The van der Waals surface area contributed by atoms with Crippen molar-refractivity contribution in [2.45, 2.75) is 45.1 Å². The van der Waals surface area contributed by atoms with Crippen molar-refractivity contribution in [3.05, 3.63) is 46.3 Å². The number of Topliss-reactive ketones (excluding diaryl/α,β-unsaturated/α-hetero) is 1. The number of methoxy groups -OCH3 is 1. The lowest BCUT2D eigenvalue weighted by Crippen LogP contribution is -2.41. The maximum atomic E-state index is 12.9. The van der Waals surface area contributed by atoms with Crippen LogP contribution in [0.15, 0.2) is 35.7 Å². The highest BCUT2D eigenvalue weighted by Gasteiger charge is 2.44. The number of carbonyl (C=O) groups is 2. The number of nitrogens with one attached hydrogen (secondary N) is 1. The van der Waals surface area contributed by atoms with Gasteiger partial charge in [0.2, 0.25) is 0 Å². The maximum Gasteiger partial charge on any atom is 0.316 e. The number of benzene rings is 1. The highest BCUT2D eigenvalue weighted by atomic mass is 35.5. The minimum Gasteiger partial charge on any atom is -0.503 e. The van der Waals surface area contributed by atoms with Crippen LogP contribution < -0.4 is 10.1 Å². The van der Waals surface area contributed by atoms with E-state index in [4.69, 9.17) is 21.1 Å². The SMILES string of the molecule is C=C1NC2=C(C(=O)CCC2)C(c2cc(Cl)c(O)c(OC)c2)C1C(=O)OC(C)C. The number of halogens is 1. The molecule has 0 spiro atoms. The van der Waals surface area contributed by atoms with E-state index in [9.17, 15) is 14.7 Å². The largest absolute Gasteiger partial charge is 0.503 e. The molecule has 150 valence electrons. The first kappa shape index (κ1) is 20.3. The number of carbonyl (C=O) groups excluding carboxylic acids is 2. The number of allylic oxidation sites excluding steroid dienone is 2. The Kier molecular flexibility index (Phi) is 5.70. The first-order chi connectivity index (χ1) is 13.2. The van der Waals surface area contributed by atoms with Crippen LogP contribution in [0.25, 0.3) is 0 Å². The number of phenols is 1. The molecule has 7 heteroatoms. The van der Waals surface area contributed by atoms with Crippen LogP contribution in [0.3, 0.4) is 0 Å². The Hall–Kier alpha value is -2.47. The Morgan fingerprint density at radius 2 is 2.07 bits per heavy atom. The molecule has 1 aromatic carbocycles. The third-order valence-corrected chi connectivity index (χ3v) is 5.31. The van der Waals surface area contributed by atoms with Crippen LogP contribution in [-0.4, -0.2) is 30.1 Å². The van der Waals surface area contributed by atoms with Crippen molar-refractivity contribution in [2.24, 2.45) is 5.92 Å².